The van der Waals surface area contributed by atoms with Crippen LogP contribution < -0.4 is 20.6 Å². The van der Waals surface area contributed by atoms with Gasteiger partial charge in [0.05, 0.1) is 19.8 Å². The topological polar surface area (TPSA) is 95.6 Å². The lowest BCUT2D eigenvalue weighted by Gasteiger charge is -2.19. The zero-order valence-corrected chi connectivity index (χ0v) is 21.6. The van der Waals surface area contributed by atoms with Gasteiger partial charge in [-0.1, -0.05) is 38.0 Å². The quantitative estimate of drug-likeness (QED) is 0.309. The SMILES string of the molecule is CCCCCc1nc(O)c(Cc2ccc(-n3cc(F)ccc3=O)cc2)c(=O)n1-c1c(OC)cccc1OC. The molecular formula is C29H30FN3O5. The van der Waals surface area contributed by atoms with Gasteiger partial charge in [-0.3, -0.25) is 18.7 Å². The van der Waals surface area contributed by atoms with E-state index in [1.165, 1.54) is 23.4 Å². The number of methoxy groups -OCH3 is 2. The van der Waals surface area contributed by atoms with Crippen molar-refractivity contribution < 1.29 is 19.0 Å². The van der Waals surface area contributed by atoms with Gasteiger partial charge in [0.25, 0.3) is 11.1 Å². The Kier molecular flexibility index (Phi) is 8.25. The van der Waals surface area contributed by atoms with E-state index in [9.17, 15) is 19.1 Å². The molecule has 9 heteroatoms. The lowest BCUT2D eigenvalue weighted by Crippen LogP contribution is -2.28. The number of benzene rings is 2. The smallest absolute Gasteiger partial charge is 0.265 e. The van der Waals surface area contributed by atoms with Gasteiger partial charge in [0.2, 0.25) is 5.88 Å². The number of para-hydroxylation sites is 1. The van der Waals surface area contributed by atoms with Crippen LogP contribution in [0, 0.1) is 5.82 Å². The van der Waals surface area contributed by atoms with Crippen molar-refractivity contribution in [2.75, 3.05) is 14.2 Å². The molecule has 0 amide bonds. The average molecular weight is 520 g/mol. The van der Waals surface area contributed by atoms with Gasteiger partial charge in [-0.25, -0.2) is 4.39 Å². The lowest BCUT2D eigenvalue weighted by molar-refractivity contribution is 0.387. The van der Waals surface area contributed by atoms with E-state index in [1.54, 1.807) is 42.5 Å². The maximum Gasteiger partial charge on any atom is 0.265 e. The first-order chi connectivity index (χ1) is 18.4. The van der Waals surface area contributed by atoms with Crippen molar-refractivity contribution in [1.29, 1.82) is 0 Å². The van der Waals surface area contributed by atoms with E-state index in [2.05, 4.69) is 11.9 Å². The first kappa shape index (κ1) is 26.7. The Hall–Kier alpha value is -4.40. The summed E-state index contributed by atoms with van der Waals surface area (Å²) in [5.41, 5.74) is 0.898. The molecule has 0 aliphatic rings. The van der Waals surface area contributed by atoms with Crippen LogP contribution in [0.4, 0.5) is 4.39 Å². The number of aromatic hydroxyl groups is 1. The summed E-state index contributed by atoms with van der Waals surface area (Å²) in [4.78, 5) is 30.5. The van der Waals surface area contributed by atoms with Gasteiger partial charge in [0.1, 0.15) is 28.8 Å². The predicted molar refractivity (Wildman–Crippen MR) is 143 cm³/mol. The van der Waals surface area contributed by atoms with Crippen LogP contribution in [0.1, 0.15) is 43.1 Å². The second-order valence-electron chi connectivity index (χ2n) is 8.84. The summed E-state index contributed by atoms with van der Waals surface area (Å²) in [5, 5.41) is 10.8. The molecule has 0 atom stereocenters. The number of unbranched alkanes of at least 4 members (excludes halogenated alkanes) is 2. The number of hydrogen-bond acceptors (Lipinski definition) is 6. The van der Waals surface area contributed by atoms with Crippen molar-refractivity contribution in [3.63, 3.8) is 0 Å². The highest BCUT2D eigenvalue weighted by Gasteiger charge is 2.23. The molecule has 198 valence electrons. The minimum absolute atomic E-state index is 0.0860. The third-order valence-corrected chi connectivity index (χ3v) is 6.32. The molecule has 38 heavy (non-hydrogen) atoms. The number of hydrogen-bond donors (Lipinski definition) is 1. The molecule has 0 unspecified atom stereocenters. The van der Waals surface area contributed by atoms with E-state index in [-0.39, 0.29) is 23.4 Å². The molecular weight excluding hydrogens is 489 g/mol. The first-order valence-corrected chi connectivity index (χ1v) is 12.4. The van der Waals surface area contributed by atoms with Gasteiger partial charge in [-0.15, -0.1) is 0 Å². The van der Waals surface area contributed by atoms with Crippen LogP contribution in [0.15, 0.2) is 70.4 Å². The normalized spacial score (nSPS) is 10.9. The summed E-state index contributed by atoms with van der Waals surface area (Å²) in [6.07, 6.45) is 4.41. The van der Waals surface area contributed by atoms with Crippen LogP contribution in [-0.4, -0.2) is 33.4 Å². The first-order valence-electron chi connectivity index (χ1n) is 12.4. The van der Waals surface area contributed by atoms with Crippen molar-refractivity contribution in [3.8, 4) is 28.8 Å². The molecule has 2 aromatic heterocycles. The van der Waals surface area contributed by atoms with Crippen molar-refractivity contribution in [2.45, 2.75) is 39.0 Å². The molecule has 0 aliphatic carbocycles. The maximum atomic E-state index is 13.9. The Bertz CT molecular complexity index is 1520. The van der Waals surface area contributed by atoms with Gasteiger partial charge in [0, 0.05) is 30.8 Å². The number of halogens is 1. The second-order valence-corrected chi connectivity index (χ2v) is 8.84. The van der Waals surface area contributed by atoms with Crippen molar-refractivity contribution in [2.24, 2.45) is 0 Å². The number of aromatic nitrogens is 3. The highest BCUT2D eigenvalue weighted by atomic mass is 19.1. The number of rotatable bonds is 10. The van der Waals surface area contributed by atoms with Crippen LogP contribution in [0.2, 0.25) is 0 Å². The van der Waals surface area contributed by atoms with Gasteiger partial charge >= 0.3 is 0 Å². The summed E-state index contributed by atoms with van der Waals surface area (Å²) < 4.78 is 27.4. The van der Waals surface area contributed by atoms with E-state index in [0.29, 0.717) is 40.7 Å². The second kappa shape index (κ2) is 11.8. The number of aryl methyl sites for hydroxylation is 1. The zero-order chi connectivity index (χ0) is 27.2. The van der Waals surface area contributed by atoms with Crippen LogP contribution in [0.25, 0.3) is 11.4 Å². The molecule has 8 nitrogen and oxygen atoms in total. The van der Waals surface area contributed by atoms with E-state index in [4.69, 9.17) is 9.47 Å². The average Bonchev–Trinajstić information content (AvgIpc) is 2.92. The van der Waals surface area contributed by atoms with Gasteiger partial charge in [0.15, 0.2) is 0 Å². The monoisotopic (exact) mass is 519 g/mol. The fraction of sp³-hybridized carbons (Fsp3) is 0.276. The number of ether oxygens (including phenoxy) is 2. The minimum Gasteiger partial charge on any atom is -0.494 e. The molecule has 0 spiro atoms. The Balaban J connectivity index is 1.80. The molecule has 2 heterocycles. The molecule has 4 rings (SSSR count). The van der Waals surface area contributed by atoms with E-state index in [0.717, 1.165) is 37.6 Å². The summed E-state index contributed by atoms with van der Waals surface area (Å²) in [7, 11) is 3.03. The molecule has 1 N–H and O–H groups in total. The van der Waals surface area contributed by atoms with Crippen LogP contribution in [-0.2, 0) is 12.8 Å². The maximum absolute atomic E-state index is 13.9. The lowest BCUT2D eigenvalue weighted by atomic mass is 10.1. The Morgan fingerprint density at radius 2 is 1.63 bits per heavy atom. The molecule has 0 bridgehead atoms. The Morgan fingerprint density at radius 1 is 0.947 bits per heavy atom. The number of pyridine rings is 1. The highest BCUT2D eigenvalue weighted by molar-refractivity contribution is 5.58. The highest BCUT2D eigenvalue weighted by Crippen LogP contribution is 2.33. The van der Waals surface area contributed by atoms with Gasteiger partial charge < -0.3 is 14.6 Å². The van der Waals surface area contributed by atoms with Gasteiger partial charge in [-0.2, -0.15) is 4.98 Å². The van der Waals surface area contributed by atoms with E-state index in [1.807, 2.05) is 0 Å². The number of nitrogens with zero attached hydrogens (tertiary/aromatic N) is 3. The Labute approximate surface area is 219 Å². The van der Waals surface area contributed by atoms with Crippen LogP contribution >= 0.6 is 0 Å². The fourth-order valence-corrected chi connectivity index (χ4v) is 4.37. The predicted octanol–water partition coefficient (Wildman–Crippen LogP) is 4.57. The third-order valence-electron chi connectivity index (χ3n) is 6.32. The van der Waals surface area contributed by atoms with Crippen molar-refractivity contribution >= 4 is 0 Å². The summed E-state index contributed by atoms with van der Waals surface area (Å²) in [6.45, 7) is 2.08. The van der Waals surface area contributed by atoms with Crippen LogP contribution in [0.3, 0.4) is 0 Å². The van der Waals surface area contributed by atoms with Crippen molar-refractivity contribution in [3.05, 3.63) is 104 Å². The standard InChI is InChI=1S/C29H30FN3O5/c1-4-5-6-10-25-31-28(35)22(29(36)33(25)27-23(37-2)8-7-9-24(27)38-3)17-19-11-14-21(15-12-19)32-18-20(30)13-16-26(32)34/h7-9,11-16,18,35H,4-6,10,17H2,1-3H3. The van der Waals surface area contributed by atoms with E-state index >= 15 is 0 Å². The largest absolute Gasteiger partial charge is 0.494 e. The van der Waals surface area contributed by atoms with Crippen molar-refractivity contribution in [1.82, 2.24) is 14.1 Å². The summed E-state index contributed by atoms with van der Waals surface area (Å²) in [5.74, 6) is 0.416. The summed E-state index contributed by atoms with van der Waals surface area (Å²) in [6, 6.07) is 14.2. The minimum atomic E-state index is -0.531. The Morgan fingerprint density at radius 3 is 2.26 bits per heavy atom. The van der Waals surface area contributed by atoms with E-state index < -0.39 is 11.4 Å². The third kappa shape index (κ3) is 5.46. The molecule has 0 saturated heterocycles. The summed E-state index contributed by atoms with van der Waals surface area (Å²) >= 11 is 0. The molecule has 4 aromatic rings. The molecule has 0 radical (unpaired) electrons. The molecule has 0 saturated carbocycles. The van der Waals surface area contributed by atoms with Crippen LogP contribution in [0.5, 0.6) is 17.4 Å². The molecule has 2 aromatic carbocycles. The van der Waals surface area contributed by atoms with Gasteiger partial charge in [-0.05, 0) is 42.3 Å². The fourth-order valence-electron chi connectivity index (χ4n) is 4.37. The molecule has 0 aliphatic heterocycles. The molecule has 0 fully saturated rings. The zero-order valence-electron chi connectivity index (χ0n) is 21.6.